The van der Waals surface area contributed by atoms with Crippen LogP contribution in [0.4, 0.5) is 4.39 Å². The van der Waals surface area contributed by atoms with Gasteiger partial charge in [0.05, 0.1) is 25.1 Å². The van der Waals surface area contributed by atoms with Crippen LogP contribution in [0.1, 0.15) is 16.7 Å². The molecule has 0 aliphatic heterocycles. The molecule has 0 aliphatic rings. The predicted octanol–water partition coefficient (Wildman–Crippen LogP) is 6.68. The summed E-state index contributed by atoms with van der Waals surface area (Å²) in [7, 11) is 0. The molecule has 5 rings (SSSR count). The second kappa shape index (κ2) is 9.89. The molecular weight excluding hydrogens is 471 g/mol. The maximum atomic E-state index is 13.0. The van der Waals surface area contributed by atoms with Crippen LogP contribution in [0.5, 0.6) is 0 Å². The number of aromatic nitrogens is 2. The monoisotopic (exact) mass is 490 g/mol. The highest BCUT2D eigenvalue weighted by Gasteiger charge is 2.11. The molecule has 7 heteroatoms. The minimum atomic E-state index is -0.254. The molecule has 0 radical (unpaired) electrons. The second-order valence-corrected chi connectivity index (χ2v) is 9.43. The van der Waals surface area contributed by atoms with Gasteiger partial charge >= 0.3 is 0 Å². The number of hydrogen-bond donors (Lipinski definition) is 0. The average molecular weight is 491 g/mol. The molecule has 0 aliphatic carbocycles. The van der Waals surface area contributed by atoms with E-state index in [4.69, 9.17) is 16.3 Å². The van der Waals surface area contributed by atoms with Crippen molar-refractivity contribution in [2.45, 2.75) is 19.8 Å². The Labute approximate surface area is 204 Å². The molecule has 0 saturated heterocycles. The molecular formula is C27H20ClFN2O2S. The van der Waals surface area contributed by atoms with E-state index in [0.717, 1.165) is 32.6 Å². The second-order valence-electron chi connectivity index (χ2n) is 7.95. The van der Waals surface area contributed by atoms with Gasteiger partial charge in [0.25, 0.3) is 5.56 Å². The number of halogens is 2. The Morgan fingerprint density at radius 1 is 0.882 bits per heavy atom. The van der Waals surface area contributed by atoms with Gasteiger partial charge in [-0.1, -0.05) is 60.1 Å². The van der Waals surface area contributed by atoms with Crippen LogP contribution in [0.15, 0.2) is 90.0 Å². The molecule has 2 aromatic heterocycles. The lowest BCUT2D eigenvalue weighted by atomic mass is 10.1. The number of hydrogen-bond acceptors (Lipinski definition) is 4. The van der Waals surface area contributed by atoms with Gasteiger partial charge in [0.2, 0.25) is 0 Å². The van der Waals surface area contributed by atoms with Crippen LogP contribution in [0, 0.1) is 5.82 Å². The highest BCUT2D eigenvalue weighted by molar-refractivity contribution is 7.22. The highest BCUT2D eigenvalue weighted by atomic mass is 35.5. The number of thiophene rings is 1. The number of nitrogens with zero attached hydrogens (tertiary/aromatic N) is 2. The minimum absolute atomic E-state index is 0.218. The van der Waals surface area contributed by atoms with E-state index < -0.39 is 0 Å². The molecule has 3 aromatic carbocycles. The van der Waals surface area contributed by atoms with Gasteiger partial charge in [-0.05, 0) is 52.6 Å². The van der Waals surface area contributed by atoms with Crippen molar-refractivity contribution in [3.63, 3.8) is 0 Å². The summed E-state index contributed by atoms with van der Waals surface area (Å²) in [6.07, 6.45) is 1.59. The summed E-state index contributed by atoms with van der Waals surface area (Å²) < 4.78 is 21.4. The zero-order chi connectivity index (χ0) is 23.5. The fourth-order valence-corrected chi connectivity index (χ4v) is 4.87. The Bertz CT molecular complexity index is 1480. The predicted molar refractivity (Wildman–Crippen MR) is 135 cm³/mol. The SMILES string of the molecule is O=c1ncn(Cc2ccc(Cl)cc2)c2cc(-c3ccc(COCc4ccc(F)cc4)cc3)sc12. The van der Waals surface area contributed by atoms with Gasteiger partial charge < -0.3 is 9.30 Å². The Morgan fingerprint density at radius 2 is 1.50 bits per heavy atom. The Morgan fingerprint density at radius 3 is 2.18 bits per heavy atom. The van der Waals surface area contributed by atoms with E-state index in [2.05, 4.69) is 4.98 Å². The molecule has 0 atom stereocenters. The van der Waals surface area contributed by atoms with E-state index in [1.165, 1.54) is 23.5 Å². The summed E-state index contributed by atoms with van der Waals surface area (Å²) in [5, 5.41) is 0.689. The van der Waals surface area contributed by atoms with Crippen molar-refractivity contribution >= 4 is 33.2 Å². The lowest BCUT2D eigenvalue weighted by Gasteiger charge is -2.07. The van der Waals surface area contributed by atoms with Crippen LogP contribution in [0.3, 0.4) is 0 Å². The topological polar surface area (TPSA) is 44.1 Å². The summed E-state index contributed by atoms with van der Waals surface area (Å²) in [5.74, 6) is -0.254. The van der Waals surface area contributed by atoms with Gasteiger partial charge in [0.1, 0.15) is 10.5 Å². The van der Waals surface area contributed by atoms with E-state index in [9.17, 15) is 9.18 Å². The molecule has 0 unspecified atom stereocenters. The normalized spacial score (nSPS) is 11.2. The minimum Gasteiger partial charge on any atom is -0.372 e. The average Bonchev–Trinajstić information content (AvgIpc) is 3.31. The number of benzene rings is 3. The fraction of sp³-hybridized carbons (Fsp3) is 0.111. The summed E-state index contributed by atoms with van der Waals surface area (Å²) in [6.45, 7) is 1.48. The van der Waals surface area contributed by atoms with E-state index in [1.54, 1.807) is 18.5 Å². The molecule has 0 N–H and O–H groups in total. The standard InChI is InChI=1S/C27H20ClFN2O2S/c28-22-9-3-18(4-10-22)14-31-17-30-27(32)26-24(31)13-25(34-26)21-7-1-19(2-8-21)15-33-16-20-5-11-23(29)12-6-20/h1-13,17H,14-16H2. The summed E-state index contributed by atoms with van der Waals surface area (Å²) in [5.41, 5.74) is 4.72. The molecule has 0 bridgehead atoms. The smallest absolute Gasteiger partial charge is 0.290 e. The molecule has 0 fully saturated rings. The van der Waals surface area contributed by atoms with Crippen LogP contribution in [0.25, 0.3) is 20.7 Å². The number of ether oxygens (including phenoxy) is 1. The number of fused-ring (bicyclic) bond motifs is 1. The molecule has 2 heterocycles. The first-order valence-electron chi connectivity index (χ1n) is 10.7. The Balaban J connectivity index is 1.32. The van der Waals surface area contributed by atoms with Crippen molar-refractivity contribution in [3.8, 4) is 10.4 Å². The van der Waals surface area contributed by atoms with E-state index in [1.807, 2.05) is 59.2 Å². The quantitative estimate of drug-likeness (QED) is 0.255. The lowest BCUT2D eigenvalue weighted by Crippen LogP contribution is -2.11. The summed E-state index contributed by atoms with van der Waals surface area (Å²) in [6, 6.07) is 24.1. The summed E-state index contributed by atoms with van der Waals surface area (Å²) in [4.78, 5) is 17.5. The highest BCUT2D eigenvalue weighted by Crippen LogP contribution is 2.32. The largest absolute Gasteiger partial charge is 0.372 e. The van der Waals surface area contributed by atoms with E-state index in [0.29, 0.717) is 29.5 Å². The third kappa shape index (κ3) is 5.09. The van der Waals surface area contributed by atoms with Gasteiger partial charge in [0.15, 0.2) is 0 Å². The Hall–Kier alpha value is -3.32. The maximum Gasteiger partial charge on any atom is 0.290 e. The van der Waals surface area contributed by atoms with Crippen LogP contribution in [-0.2, 0) is 24.5 Å². The fourth-order valence-electron chi connectivity index (χ4n) is 3.68. The van der Waals surface area contributed by atoms with Gasteiger partial charge in [-0.3, -0.25) is 4.79 Å². The zero-order valence-electron chi connectivity index (χ0n) is 18.1. The van der Waals surface area contributed by atoms with Crippen molar-refractivity contribution < 1.29 is 9.13 Å². The van der Waals surface area contributed by atoms with Gasteiger partial charge in [-0.2, -0.15) is 4.98 Å². The maximum absolute atomic E-state index is 13.0. The van der Waals surface area contributed by atoms with Crippen LogP contribution in [-0.4, -0.2) is 9.55 Å². The van der Waals surface area contributed by atoms with Gasteiger partial charge in [0, 0.05) is 16.4 Å². The molecule has 5 aromatic rings. The first kappa shape index (κ1) is 22.5. The summed E-state index contributed by atoms with van der Waals surface area (Å²) >= 11 is 7.44. The molecule has 0 saturated carbocycles. The van der Waals surface area contributed by atoms with Crippen molar-refractivity contribution in [1.82, 2.24) is 9.55 Å². The molecule has 4 nitrogen and oxygen atoms in total. The molecule has 0 spiro atoms. The first-order valence-corrected chi connectivity index (χ1v) is 11.9. The van der Waals surface area contributed by atoms with Crippen molar-refractivity contribution in [1.29, 1.82) is 0 Å². The van der Waals surface area contributed by atoms with Crippen molar-refractivity contribution in [3.05, 3.63) is 123 Å². The lowest BCUT2D eigenvalue weighted by molar-refractivity contribution is 0.107. The van der Waals surface area contributed by atoms with Crippen LogP contribution in [0.2, 0.25) is 5.02 Å². The third-order valence-corrected chi connectivity index (χ3v) is 6.90. The molecule has 34 heavy (non-hydrogen) atoms. The zero-order valence-corrected chi connectivity index (χ0v) is 19.7. The molecule has 170 valence electrons. The van der Waals surface area contributed by atoms with Crippen molar-refractivity contribution in [2.75, 3.05) is 0 Å². The Kier molecular flexibility index (Phi) is 6.54. The third-order valence-electron chi connectivity index (χ3n) is 5.49. The van der Waals surface area contributed by atoms with E-state index in [-0.39, 0.29) is 11.4 Å². The van der Waals surface area contributed by atoms with Gasteiger partial charge in [-0.15, -0.1) is 11.3 Å². The van der Waals surface area contributed by atoms with E-state index >= 15 is 0 Å². The van der Waals surface area contributed by atoms with Crippen LogP contribution < -0.4 is 5.56 Å². The van der Waals surface area contributed by atoms with Crippen LogP contribution >= 0.6 is 22.9 Å². The van der Waals surface area contributed by atoms with Crippen molar-refractivity contribution in [2.24, 2.45) is 0 Å². The first-order chi connectivity index (χ1) is 16.5. The number of rotatable bonds is 7. The molecule has 0 amide bonds. The van der Waals surface area contributed by atoms with Gasteiger partial charge in [-0.25, -0.2) is 4.39 Å².